The number of carbonyl (C=O) groups excluding carboxylic acids is 1. The lowest BCUT2D eigenvalue weighted by atomic mass is 10.3. The average molecular weight is 290 g/mol. The van der Waals surface area contributed by atoms with Crippen molar-refractivity contribution in [1.82, 2.24) is 14.9 Å². The molecule has 0 radical (unpaired) electrons. The van der Waals surface area contributed by atoms with Crippen molar-refractivity contribution in [2.75, 3.05) is 18.9 Å². The largest absolute Gasteiger partial charge is 0.369 e. The van der Waals surface area contributed by atoms with Gasteiger partial charge in [0.05, 0.1) is 18.9 Å². The summed E-state index contributed by atoms with van der Waals surface area (Å²) in [6.07, 6.45) is 4.13. The van der Waals surface area contributed by atoms with Crippen LogP contribution in [-0.2, 0) is 6.54 Å². The topological polar surface area (TPSA) is 58.1 Å². The van der Waals surface area contributed by atoms with E-state index in [9.17, 15) is 4.79 Å². The van der Waals surface area contributed by atoms with Crippen LogP contribution in [0, 0.1) is 0 Å². The molecule has 0 aliphatic rings. The van der Waals surface area contributed by atoms with Crippen LogP contribution in [0.1, 0.15) is 28.7 Å². The number of anilines is 1. The van der Waals surface area contributed by atoms with Crippen LogP contribution in [0.5, 0.6) is 0 Å². The average Bonchev–Trinajstić information content (AvgIpc) is 2.97. The molecule has 0 aliphatic heterocycles. The van der Waals surface area contributed by atoms with E-state index in [2.05, 4.69) is 22.2 Å². The number of amides is 1. The maximum atomic E-state index is 12.3. The Morgan fingerprint density at radius 1 is 1.45 bits per heavy atom. The highest BCUT2D eigenvalue weighted by molar-refractivity contribution is 7.09. The number of rotatable bonds is 6. The SMILES string of the molecule is CCCNc1cncc(C(=O)N(C)Cc2cccs2)n1. The van der Waals surface area contributed by atoms with Crippen LogP contribution in [0.15, 0.2) is 29.9 Å². The fourth-order valence-corrected chi connectivity index (χ4v) is 2.47. The minimum atomic E-state index is -0.119. The first-order chi connectivity index (χ1) is 9.70. The van der Waals surface area contributed by atoms with Crippen molar-refractivity contribution in [2.45, 2.75) is 19.9 Å². The van der Waals surface area contributed by atoms with Gasteiger partial charge in [0.25, 0.3) is 5.91 Å². The standard InChI is InChI=1S/C14H18N4OS/c1-3-6-16-13-9-15-8-12(17-13)14(19)18(2)10-11-5-4-7-20-11/h4-5,7-9H,3,6,10H2,1-2H3,(H,16,17). The maximum absolute atomic E-state index is 12.3. The van der Waals surface area contributed by atoms with Gasteiger partial charge in [-0.2, -0.15) is 0 Å². The van der Waals surface area contributed by atoms with Crippen molar-refractivity contribution in [2.24, 2.45) is 0 Å². The Hall–Kier alpha value is -1.95. The van der Waals surface area contributed by atoms with Gasteiger partial charge in [0.15, 0.2) is 0 Å². The molecule has 0 saturated heterocycles. The van der Waals surface area contributed by atoms with Crippen molar-refractivity contribution >= 4 is 23.1 Å². The zero-order valence-electron chi connectivity index (χ0n) is 11.7. The normalized spacial score (nSPS) is 10.3. The Balaban J connectivity index is 2.04. The van der Waals surface area contributed by atoms with E-state index in [4.69, 9.17) is 0 Å². The molecule has 106 valence electrons. The van der Waals surface area contributed by atoms with Crippen LogP contribution >= 0.6 is 11.3 Å². The third-order valence-electron chi connectivity index (χ3n) is 2.73. The summed E-state index contributed by atoms with van der Waals surface area (Å²) in [4.78, 5) is 23.5. The number of nitrogens with zero attached hydrogens (tertiary/aromatic N) is 3. The lowest BCUT2D eigenvalue weighted by Gasteiger charge is -2.15. The van der Waals surface area contributed by atoms with Gasteiger partial charge in [0.2, 0.25) is 0 Å². The summed E-state index contributed by atoms with van der Waals surface area (Å²) in [6.45, 7) is 3.48. The van der Waals surface area contributed by atoms with E-state index in [0.717, 1.165) is 17.8 Å². The van der Waals surface area contributed by atoms with Crippen molar-refractivity contribution < 1.29 is 4.79 Å². The number of thiophene rings is 1. The smallest absolute Gasteiger partial charge is 0.274 e. The third-order valence-corrected chi connectivity index (χ3v) is 3.59. The number of hydrogen-bond acceptors (Lipinski definition) is 5. The van der Waals surface area contributed by atoms with Crippen molar-refractivity contribution in [3.05, 3.63) is 40.5 Å². The molecule has 2 aromatic heterocycles. The van der Waals surface area contributed by atoms with E-state index in [1.807, 2.05) is 17.5 Å². The monoisotopic (exact) mass is 290 g/mol. The predicted octanol–water partition coefficient (Wildman–Crippen LogP) is 2.63. The van der Waals surface area contributed by atoms with E-state index in [1.54, 1.807) is 29.5 Å². The molecule has 0 fully saturated rings. The molecular formula is C14H18N4OS. The minimum absolute atomic E-state index is 0.119. The number of hydrogen-bond donors (Lipinski definition) is 1. The van der Waals surface area contributed by atoms with Gasteiger partial charge in [-0.05, 0) is 17.9 Å². The summed E-state index contributed by atoms with van der Waals surface area (Å²) in [7, 11) is 1.77. The first-order valence-corrected chi connectivity index (χ1v) is 7.42. The van der Waals surface area contributed by atoms with Crippen LogP contribution in [0.4, 0.5) is 5.82 Å². The van der Waals surface area contributed by atoms with Crippen molar-refractivity contribution in [3.63, 3.8) is 0 Å². The van der Waals surface area contributed by atoms with Gasteiger partial charge in [0, 0.05) is 18.5 Å². The van der Waals surface area contributed by atoms with E-state index in [0.29, 0.717) is 18.1 Å². The summed E-state index contributed by atoms with van der Waals surface area (Å²) in [6, 6.07) is 3.99. The Kier molecular flexibility index (Phi) is 5.06. The second-order valence-electron chi connectivity index (χ2n) is 4.46. The van der Waals surface area contributed by atoms with E-state index >= 15 is 0 Å². The van der Waals surface area contributed by atoms with Crippen molar-refractivity contribution in [1.29, 1.82) is 0 Å². The summed E-state index contributed by atoms with van der Waals surface area (Å²) in [5.74, 6) is 0.522. The highest BCUT2D eigenvalue weighted by atomic mass is 32.1. The summed E-state index contributed by atoms with van der Waals surface area (Å²) < 4.78 is 0. The maximum Gasteiger partial charge on any atom is 0.274 e. The molecule has 1 amide bonds. The van der Waals surface area contributed by atoms with Crippen LogP contribution in [0.2, 0.25) is 0 Å². The van der Waals surface area contributed by atoms with Crippen LogP contribution in [-0.4, -0.2) is 34.4 Å². The van der Waals surface area contributed by atoms with E-state index < -0.39 is 0 Å². The Morgan fingerprint density at radius 2 is 2.30 bits per heavy atom. The summed E-state index contributed by atoms with van der Waals surface area (Å²) in [5, 5.41) is 5.13. The summed E-state index contributed by atoms with van der Waals surface area (Å²) >= 11 is 1.64. The Morgan fingerprint density at radius 3 is 3.00 bits per heavy atom. The fraction of sp³-hybridized carbons (Fsp3) is 0.357. The predicted molar refractivity (Wildman–Crippen MR) is 80.9 cm³/mol. The van der Waals surface area contributed by atoms with Crippen molar-refractivity contribution in [3.8, 4) is 0 Å². The second-order valence-corrected chi connectivity index (χ2v) is 5.49. The highest BCUT2D eigenvalue weighted by Gasteiger charge is 2.14. The molecule has 2 aromatic rings. The fourth-order valence-electron chi connectivity index (χ4n) is 1.71. The Bertz CT molecular complexity index is 556. The molecule has 20 heavy (non-hydrogen) atoms. The van der Waals surface area contributed by atoms with Gasteiger partial charge in [-0.1, -0.05) is 13.0 Å². The third kappa shape index (κ3) is 3.77. The van der Waals surface area contributed by atoms with Gasteiger partial charge >= 0.3 is 0 Å². The van der Waals surface area contributed by atoms with E-state index in [-0.39, 0.29) is 5.91 Å². The van der Waals surface area contributed by atoms with Crippen LogP contribution in [0.3, 0.4) is 0 Å². The molecule has 6 heteroatoms. The molecule has 5 nitrogen and oxygen atoms in total. The second kappa shape index (κ2) is 7.00. The van der Waals surface area contributed by atoms with Gasteiger partial charge in [0.1, 0.15) is 11.5 Å². The van der Waals surface area contributed by atoms with Crippen LogP contribution in [0.25, 0.3) is 0 Å². The first kappa shape index (κ1) is 14.5. The molecule has 1 N–H and O–H groups in total. The van der Waals surface area contributed by atoms with Gasteiger partial charge in [-0.15, -0.1) is 11.3 Å². The molecule has 0 aromatic carbocycles. The molecular weight excluding hydrogens is 272 g/mol. The van der Waals surface area contributed by atoms with Gasteiger partial charge < -0.3 is 10.2 Å². The first-order valence-electron chi connectivity index (χ1n) is 6.54. The highest BCUT2D eigenvalue weighted by Crippen LogP contribution is 2.12. The number of carbonyl (C=O) groups is 1. The molecule has 0 atom stereocenters. The summed E-state index contributed by atoms with van der Waals surface area (Å²) in [5.41, 5.74) is 0.366. The molecule has 0 saturated carbocycles. The van der Waals surface area contributed by atoms with Crippen LogP contribution < -0.4 is 5.32 Å². The Labute approximate surface area is 122 Å². The minimum Gasteiger partial charge on any atom is -0.369 e. The number of aromatic nitrogens is 2. The van der Waals surface area contributed by atoms with Gasteiger partial charge in [-0.25, -0.2) is 4.98 Å². The molecule has 0 aliphatic carbocycles. The molecule has 0 bridgehead atoms. The molecule has 2 rings (SSSR count). The zero-order valence-corrected chi connectivity index (χ0v) is 12.5. The quantitative estimate of drug-likeness (QED) is 0.888. The zero-order chi connectivity index (χ0) is 14.4. The molecule has 0 spiro atoms. The lowest BCUT2D eigenvalue weighted by Crippen LogP contribution is -2.27. The molecule has 0 unspecified atom stereocenters. The molecule has 2 heterocycles. The lowest BCUT2D eigenvalue weighted by molar-refractivity contribution is 0.0780. The van der Waals surface area contributed by atoms with E-state index in [1.165, 1.54) is 6.20 Å². The number of nitrogens with one attached hydrogen (secondary N) is 1. The van der Waals surface area contributed by atoms with Gasteiger partial charge in [-0.3, -0.25) is 9.78 Å².